The molecule has 6 rings (SSSR count). The summed E-state index contributed by atoms with van der Waals surface area (Å²) in [4.78, 5) is 0. The molecule has 4 N–H and O–H groups in total. The quantitative estimate of drug-likeness (QED) is 0.493. The Balaban J connectivity index is 1.76. The second-order valence-electron chi connectivity index (χ2n) is 10.2. The zero-order chi connectivity index (χ0) is 18.0. The highest BCUT2D eigenvalue weighted by atomic mass is 16.6. The first-order valence-electron chi connectivity index (χ1n) is 9.69. The molecular formula is C20H30O5. The van der Waals surface area contributed by atoms with Crippen LogP contribution in [-0.4, -0.2) is 51.1 Å². The lowest BCUT2D eigenvalue weighted by Gasteiger charge is -2.74. The van der Waals surface area contributed by atoms with E-state index in [1.165, 1.54) is 0 Å². The van der Waals surface area contributed by atoms with Crippen molar-refractivity contribution in [3.63, 3.8) is 0 Å². The molecule has 2 aliphatic heterocycles. The van der Waals surface area contributed by atoms with Crippen molar-refractivity contribution in [2.24, 2.45) is 34.0 Å². The third kappa shape index (κ3) is 1.56. The van der Waals surface area contributed by atoms with Crippen molar-refractivity contribution in [1.82, 2.24) is 0 Å². The minimum absolute atomic E-state index is 0.0109. The molecule has 0 aromatic heterocycles. The number of hydrogen-bond donors (Lipinski definition) is 4. The van der Waals surface area contributed by atoms with Crippen LogP contribution in [0.4, 0.5) is 0 Å². The van der Waals surface area contributed by atoms with Crippen LogP contribution in [0.15, 0.2) is 12.2 Å². The maximum absolute atomic E-state index is 11.6. The Bertz CT molecular complexity index is 646. The van der Waals surface area contributed by atoms with Crippen LogP contribution in [0.2, 0.25) is 0 Å². The van der Waals surface area contributed by atoms with Gasteiger partial charge in [-0.1, -0.05) is 20.4 Å². The van der Waals surface area contributed by atoms with E-state index in [4.69, 9.17) is 4.74 Å². The molecule has 0 radical (unpaired) electrons. The van der Waals surface area contributed by atoms with Crippen LogP contribution in [0.1, 0.15) is 46.0 Å². The van der Waals surface area contributed by atoms with Gasteiger partial charge < -0.3 is 25.2 Å². The highest BCUT2D eigenvalue weighted by Gasteiger charge is 2.82. The van der Waals surface area contributed by atoms with Crippen LogP contribution in [0, 0.1) is 34.0 Å². The topological polar surface area (TPSA) is 90.2 Å². The van der Waals surface area contributed by atoms with Crippen molar-refractivity contribution in [3.8, 4) is 0 Å². The van der Waals surface area contributed by atoms with Gasteiger partial charge in [0.1, 0.15) is 0 Å². The average Bonchev–Trinajstić information content (AvgIpc) is 2.75. The number of rotatable bonds is 0. The maximum Gasteiger partial charge on any atom is 0.174 e. The molecule has 9 atom stereocenters. The summed E-state index contributed by atoms with van der Waals surface area (Å²) in [5.74, 6) is -1.75. The van der Waals surface area contributed by atoms with Gasteiger partial charge >= 0.3 is 0 Å². The van der Waals surface area contributed by atoms with Crippen LogP contribution >= 0.6 is 0 Å². The molecule has 2 saturated heterocycles. The molecule has 6 aliphatic rings. The van der Waals surface area contributed by atoms with Gasteiger partial charge in [0, 0.05) is 17.8 Å². The standard InChI is InChI=1S/C20H30O5/c1-10-11-6-12(21)15-18-9-25-20(24,19(15,7-11)16(10)23)8-13(18)17(2,3)5-4-14(18)22/h11-16,21-24H,1,4-9H2,2-3H3/t11-,12+,13-,14+,15+,16-,18+,19+,20-/m1/s1. The summed E-state index contributed by atoms with van der Waals surface area (Å²) in [6.45, 7) is 8.72. The predicted octanol–water partition coefficient (Wildman–Crippen LogP) is 1.20. The van der Waals surface area contributed by atoms with Crippen LogP contribution in [-0.2, 0) is 4.74 Å². The third-order valence-corrected chi connectivity index (χ3v) is 9.04. The molecule has 2 heterocycles. The third-order valence-electron chi connectivity index (χ3n) is 9.04. The fourth-order valence-corrected chi connectivity index (χ4v) is 7.95. The predicted molar refractivity (Wildman–Crippen MR) is 90.3 cm³/mol. The van der Waals surface area contributed by atoms with Gasteiger partial charge in [-0.15, -0.1) is 0 Å². The minimum Gasteiger partial charge on any atom is -0.393 e. The smallest absolute Gasteiger partial charge is 0.174 e. The SMILES string of the molecule is C=C1[C@@H]2C[C@H](O)[C@H]3[C@@]45CO[C@](O)(C[C@@H]4C(C)(C)CC[C@@H]5O)[C@]3(C2)[C@@H]1O. The number of fused-ring (bicyclic) bond motifs is 2. The van der Waals surface area contributed by atoms with Crippen molar-refractivity contribution in [1.29, 1.82) is 0 Å². The lowest BCUT2D eigenvalue weighted by Crippen LogP contribution is -2.80. The van der Waals surface area contributed by atoms with Crippen molar-refractivity contribution in [2.75, 3.05) is 6.61 Å². The Hall–Kier alpha value is -0.460. The first-order chi connectivity index (χ1) is 11.6. The molecule has 5 nitrogen and oxygen atoms in total. The Morgan fingerprint density at radius 3 is 2.60 bits per heavy atom. The molecule has 4 saturated carbocycles. The van der Waals surface area contributed by atoms with Gasteiger partial charge in [-0.3, -0.25) is 0 Å². The monoisotopic (exact) mass is 350 g/mol. The number of ether oxygens (including phenoxy) is 1. The lowest BCUT2D eigenvalue weighted by atomic mass is 9.36. The van der Waals surface area contributed by atoms with Gasteiger partial charge in [-0.25, -0.2) is 0 Å². The summed E-state index contributed by atoms with van der Waals surface area (Å²) in [5.41, 5.74) is -0.892. The van der Waals surface area contributed by atoms with E-state index >= 15 is 0 Å². The van der Waals surface area contributed by atoms with Gasteiger partial charge in [-0.05, 0) is 48.5 Å². The summed E-state index contributed by atoms with van der Waals surface area (Å²) >= 11 is 0. The van der Waals surface area contributed by atoms with Crippen molar-refractivity contribution >= 4 is 0 Å². The zero-order valence-electron chi connectivity index (χ0n) is 15.1. The Morgan fingerprint density at radius 2 is 1.88 bits per heavy atom. The van der Waals surface area contributed by atoms with Crippen LogP contribution in [0.25, 0.3) is 0 Å². The lowest BCUT2D eigenvalue weighted by molar-refractivity contribution is -0.443. The summed E-state index contributed by atoms with van der Waals surface area (Å²) in [7, 11) is 0. The molecule has 4 aliphatic carbocycles. The van der Waals surface area contributed by atoms with Gasteiger partial charge in [0.2, 0.25) is 0 Å². The van der Waals surface area contributed by atoms with Crippen molar-refractivity contribution in [2.45, 2.75) is 70.1 Å². The maximum atomic E-state index is 11.6. The number of aliphatic hydroxyl groups is 4. The highest BCUT2D eigenvalue weighted by Crippen LogP contribution is 2.77. The van der Waals surface area contributed by atoms with Gasteiger partial charge in [0.05, 0.1) is 30.3 Å². The molecule has 6 fully saturated rings. The summed E-state index contributed by atoms with van der Waals surface area (Å²) < 4.78 is 6.03. The van der Waals surface area contributed by atoms with Gasteiger partial charge in [0.25, 0.3) is 0 Å². The van der Waals surface area contributed by atoms with Gasteiger partial charge in [0.15, 0.2) is 5.79 Å². The van der Waals surface area contributed by atoms with Crippen molar-refractivity contribution in [3.05, 3.63) is 12.2 Å². The molecule has 0 unspecified atom stereocenters. The molecule has 2 spiro atoms. The second kappa shape index (κ2) is 4.50. The molecule has 4 bridgehead atoms. The summed E-state index contributed by atoms with van der Waals surface area (Å²) in [6, 6.07) is 0. The molecule has 5 heteroatoms. The largest absolute Gasteiger partial charge is 0.393 e. The van der Waals surface area contributed by atoms with Crippen LogP contribution in [0.3, 0.4) is 0 Å². The average molecular weight is 350 g/mol. The molecule has 0 aromatic carbocycles. The Kier molecular flexibility index (Phi) is 3.01. The summed E-state index contributed by atoms with van der Waals surface area (Å²) in [6.07, 6.45) is 0.999. The Morgan fingerprint density at radius 1 is 1.16 bits per heavy atom. The second-order valence-corrected chi connectivity index (χ2v) is 10.2. The van der Waals surface area contributed by atoms with E-state index in [9.17, 15) is 20.4 Å². The van der Waals surface area contributed by atoms with E-state index in [2.05, 4.69) is 20.4 Å². The number of aliphatic hydroxyl groups excluding tert-OH is 3. The fourth-order valence-electron chi connectivity index (χ4n) is 7.95. The first-order valence-corrected chi connectivity index (χ1v) is 9.69. The first kappa shape index (κ1) is 16.7. The number of hydrogen-bond acceptors (Lipinski definition) is 5. The Labute approximate surface area is 148 Å². The van der Waals surface area contributed by atoms with E-state index in [-0.39, 0.29) is 29.8 Å². The molecule has 25 heavy (non-hydrogen) atoms. The fraction of sp³-hybridized carbons (Fsp3) is 0.900. The van der Waals surface area contributed by atoms with E-state index < -0.39 is 34.9 Å². The van der Waals surface area contributed by atoms with E-state index in [0.717, 1.165) is 6.42 Å². The van der Waals surface area contributed by atoms with E-state index in [1.807, 2.05) is 0 Å². The van der Waals surface area contributed by atoms with Gasteiger partial charge in [-0.2, -0.15) is 0 Å². The highest BCUT2D eigenvalue weighted by molar-refractivity contribution is 5.34. The van der Waals surface area contributed by atoms with Crippen LogP contribution < -0.4 is 0 Å². The van der Waals surface area contributed by atoms with E-state index in [1.54, 1.807) is 0 Å². The molecule has 140 valence electrons. The minimum atomic E-state index is -1.46. The molecular weight excluding hydrogens is 320 g/mol. The van der Waals surface area contributed by atoms with E-state index in [0.29, 0.717) is 31.3 Å². The van der Waals surface area contributed by atoms with Crippen LogP contribution in [0.5, 0.6) is 0 Å². The molecule has 0 aromatic rings. The summed E-state index contributed by atoms with van der Waals surface area (Å²) in [5, 5.41) is 45.1. The normalized spacial score (nSPS) is 61.8. The van der Waals surface area contributed by atoms with Crippen molar-refractivity contribution < 1.29 is 25.2 Å². The zero-order valence-corrected chi connectivity index (χ0v) is 15.1. The molecule has 0 amide bonds.